The van der Waals surface area contributed by atoms with Gasteiger partial charge in [0.05, 0.1) is 0 Å². The number of amides is 3. The summed E-state index contributed by atoms with van der Waals surface area (Å²) in [4.78, 5) is 33.7. The van der Waals surface area contributed by atoms with Crippen molar-refractivity contribution in [1.29, 1.82) is 0 Å². The first-order valence-electron chi connectivity index (χ1n) is 7.61. The minimum Gasteiger partial charge on any atom is -0.445 e. The molecular formula is C16H23N3O5. The van der Waals surface area contributed by atoms with Gasteiger partial charge in [-0.2, -0.15) is 0 Å². The Hall–Kier alpha value is -2.61. The molecule has 0 saturated heterocycles. The highest BCUT2D eigenvalue weighted by Crippen LogP contribution is 2.00. The number of nitrogens with one attached hydrogen (secondary N) is 3. The number of benzene rings is 1. The smallest absolute Gasteiger partial charge is 0.407 e. The number of ether oxygens (including phenoxy) is 2. The van der Waals surface area contributed by atoms with Crippen LogP contribution in [-0.2, 0) is 25.7 Å². The molecule has 0 aliphatic heterocycles. The minimum absolute atomic E-state index is 0.154. The lowest BCUT2D eigenvalue weighted by Crippen LogP contribution is -2.33. The van der Waals surface area contributed by atoms with Crippen LogP contribution in [0.1, 0.15) is 12.0 Å². The number of hydrogen-bond donors (Lipinski definition) is 3. The molecule has 0 bridgehead atoms. The van der Waals surface area contributed by atoms with Gasteiger partial charge in [0.25, 0.3) is 0 Å². The summed E-state index contributed by atoms with van der Waals surface area (Å²) in [5.41, 5.74) is 0.914. The van der Waals surface area contributed by atoms with Crippen molar-refractivity contribution in [3.05, 3.63) is 35.9 Å². The molecule has 1 aromatic rings. The van der Waals surface area contributed by atoms with Crippen molar-refractivity contribution in [2.75, 3.05) is 33.4 Å². The average Bonchev–Trinajstić information content (AvgIpc) is 2.60. The number of hydrogen-bond acceptors (Lipinski definition) is 5. The number of alkyl carbamates (subject to hydrolysis) is 1. The topological polar surface area (TPSA) is 106 Å². The van der Waals surface area contributed by atoms with E-state index < -0.39 is 6.09 Å². The van der Waals surface area contributed by atoms with E-state index in [0.29, 0.717) is 19.5 Å². The molecule has 3 N–H and O–H groups in total. The Bertz CT molecular complexity index is 522. The molecule has 0 saturated carbocycles. The fourth-order valence-electron chi connectivity index (χ4n) is 1.64. The third-order valence-electron chi connectivity index (χ3n) is 2.90. The van der Waals surface area contributed by atoms with Crippen LogP contribution in [0.5, 0.6) is 0 Å². The van der Waals surface area contributed by atoms with Gasteiger partial charge in [-0.3, -0.25) is 9.59 Å². The van der Waals surface area contributed by atoms with Gasteiger partial charge in [0.1, 0.15) is 19.8 Å². The second-order valence-corrected chi connectivity index (χ2v) is 4.86. The van der Waals surface area contributed by atoms with Gasteiger partial charge in [0.15, 0.2) is 0 Å². The summed E-state index contributed by atoms with van der Waals surface area (Å²) in [7, 11) is 1.49. The van der Waals surface area contributed by atoms with E-state index in [1.807, 2.05) is 30.3 Å². The second-order valence-electron chi connectivity index (χ2n) is 4.86. The fourth-order valence-corrected chi connectivity index (χ4v) is 1.64. The predicted octanol–water partition coefficient (Wildman–Crippen LogP) is 0.182. The van der Waals surface area contributed by atoms with Gasteiger partial charge in [-0.05, 0) is 12.0 Å². The number of carbonyl (C=O) groups is 3. The zero-order chi connectivity index (χ0) is 17.6. The Kier molecular flexibility index (Phi) is 9.63. The zero-order valence-corrected chi connectivity index (χ0v) is 13.7. The highest BCUT2D eigenvalue weighted by atomic mass is 16.5. The lowest BCUT2D eigenvalue weighted by atomic mass is 10.2. The highest BCUT2D eigenvalue weighted by Gasteiger charge is 2.04. The van der Waals surface area contributed by atoms with Crippen LogP contribution in [0.4, 0.5) is 4.79 Å². The van der Waals surface area contributed by atoms with E-state index >= 15 is 0 Å². The van der Waals surface area contributed by atoms with Crippen molar-refractivity contribution in [3.8, 4) is 0 Å². The Balaban J connectivity index is 1.98. The Morgan fingerprint density at radius 2 is 1.62 bits per heavy atom. The molecule has 8 nitrogen and oxygen atoms in total. The molecule has 8 heteroatoms. The van der Waals surface area contributed by atoms with Crippen LogP contribution in [0.3, 0.4) is 0 Å². The maximum atomic E-state index is 11.5. The zero-order valence-electron chi connectivity index (χ0n) is 13.7. The van der Waals surface area contributed by atoms with Crippen molar-refractivity contribution in [2.45, 2.75) is 13.0 Å². The molecule has 0 aromatic heterocycles. The van der Waals surface area contributed by atoms with Crippen LogP contribution in [0.15, 0.2) is 30.3 Å². The lowest BCUT2D eigenvalue weighted by Gasteiger charge is -2.08. The molecule has 3 amide bonds. The summed E-state index contributed by atoms with van der Waals surface area (Å²) in [6.45, 7) is 0.652. The normalized spacial score (nSPS) is 9.88. The minimum atomic E-state index is -0.501. The molecule has 1 rings (SSSR count). The van der Waals surface area contributed by atoms with Crippen LogP contribution < -0.4 is 16.0 Å². The van der Waals surface area contributed by atoms with Crippen LogP contribution in [0.25, 0.3) is 0 Å². The van der Waals surface area contributed by atoms with E-state index in [1.54, 1.807) is 0 Å². The third-order valence-corrected chi connectivity index (χ3v) is 2.90. The summed E-state index contributed by atoms with van der Waals surface area (Å²) in [5.74, 6) is -0.605. The maximum Gasteiger partial charge on any atom is 0.407 e. The number of rotatable bonds is 10. The summed E-state index contributed by atoms with van der Waals surface area (Å²) in [6.07, 6.45) is 0.0563. The van der Waals surface area contributed by atoms with E-state index in [9.17, 15) is 14.4 Å². The van der Waals surface area contributed by atoms with Gasteiger partial charge in [0.2, 0.25) is 11.8 Å². The van der Waals surface area contributed by atoms with Gasteiger partial charge in [-0.25, -0.2) is 4.79 Å². The van der Waals surface area contributed by atoms with E-state index in [2.05, 4.69) is 16.0 Å². The Labute approximate surface area is 140 Å². The molecule has 132 valence electrons. The molecule has 0 unspecified atom stereocenters. The van der Waals surface area contributed by atoms with Crippen LogP contribution in [0.2, 0.25) is 0 Å². The summed E-state index contributed by atoms with van der Waals surface area (Å²) in [5, 5.41) is 7.60. The molecule has 0 aliphatic carbocycles. The highest BCUT2D eigenvalue weighted by molar-refractivity contribution is 5.79. The Morgan fingerprint density at radius 1 is 0.958 bits per heavy atom. The second kappa shape index (κ2) is 11.9. The van der Waals surface area contributed by atoms with Crippen LogP contribution >= 0.6 is 0 Å². The van der Waals surface area contributed by atoms with E-state index in [1.165, 1.54) is 7.05 Å². The van der Waals surface area contributed by atoms with Crippen LogP contribution in [-0.4, -0.2) is 51.3 Å². The van der Waals surface area contributed by atoms with Gasteiger partial charge in [0, 0.05) is 20.1 Å². The average molecular weight is 337 g/mol. The molecule has 0 heterocycles. The first-order chi connectivity index (χ1) is 11.6. The molecule has 0 atom stereocenters. The summed E-state index contributed by atoms with van der Waals surface area (Å²) >= 11 is 0. The summed E-state index contributed by atoms with van der Waals surface area (Å²) < 4.78 is 9.95. The number of carbonyl (C=O) groups excluding carboxylic acids is 3. The quantitative estimate of drug-likeness (QED) is 0.528. The number of likely N-dealkylation sites (N-methyl/N-ethyl adjacent to an activating group) is 1. The molecule has 0 aliphatic rings. The van der Waals surface area contributed by atoms with E-state index in [4.69, 9.17) is 9.47 Å². The molecule has 1 aromatic carbocycles. The molecule has 0 radical (unpaired) electrons. The molecule has 0 spiro atoms. The van der Waals surface area contributed by atoms with E-state index in [0.717, 1.165) is 5.56 Å². The molecule has 0 fully saturated rings. The third kappa shape index (κ3) is 9.42. The molecule has 24 heavy (non-hydrogen) atoms. The lowest BCUT2D eigenvalue weighted by molar-refractivity contribution is -0.130. The first-order valence-corrected chi connectivity index (χ1v) is 7.61. The fraction of sp³-hybridized carbons (Fsp3) is 0.438. The largest absolute Gasteiger partial charge is 0.445 e. The van der Waals surface area contributed by atoms with Crippen molar-refractivity contribution in [1.82, 2.24) is 16.0 Å². The molecular weight excluding hydrogens is 314 g/mol. The standard InChI is InChI=1S/C16H23N3O5/c1-17-14(20)11-23-12-15(21)18-8-5-9-19-16(22)24-10-13-6-3-2-4-7-13/h2-4,6-7H,5,8-12H2,1H3,(H,17,20)(H,18,21)(H,19,22). The van der Waals surface area contributed by atoms with Gasteiger partial charge in [-0.1, -0.05) is 30.3 Å². The predicted molar refractivity (Wildman–Crippen MR) is 87.1 cm³/mol. The monoisotopic (exact) mass is 337 g/mol. The van der Waals surface area contributed by atoms with Gasteiger partial charge < -0.3 is 25.4 Å². The maximum absolute atomic E-state index is 11.5. The first kappa shape index (κ1) is 19.4. The SMILES string of the molecule is CNC(=O)COCC(=O)NCCCNC(=O)OCc1ccccc1. The van der Waals surface area contributed by atoms with Crippen molar-refractivity contribution in [3.63, 3.8) is 0 Å². The van der Waals surface area contributed by atoms with Crippen molar-refractivity contribution in [2.24, 2.45) is 0 Å². The summed E-state index contributed by atoms with van der Waals surface area (Å²) in [6, 6.07) is 9.38. The Morgan fingerprint density at radius 3 is 2.33 bits per heavy atom. The van der Waals surface area contributed by atoms with Gasteiger partial charge in [-0.15, -0.1) is 0 Å². The van der Waals surface area contributed by atoms with Crippen LogP contribution in [0, 0.1) is 0 Å². The van der Waals surface area contributed by atoms with E-state index in [-0.39, 0.29) is 31.6 Å². The van der Waals surface area contributed by atoms with Crippen molar-refractivity contribution < 1.29 is 23.9 Å². The van der Waals surface area contributed by atoms with Gasteiger partial charge >= 0.3 is 6.09 Å². The van der Waals surface area contributed by atoms with Crippen molar-refractivity contribution >= 4 is 17.9 Å².